The van der Waals surface area contributed by atoms with Crippen molar-refractivity contribution in [1.29, 1.82) is 0 Å². The molecule has 1 aliphatic heterocycles. The van der Waals surface area contributed by atoms with E-state index < -0.39 is 23.7 Å². The molecular weight excluding hydrogens is 418 g/mol. The Hall–Kier alpha value is -2.73. The van der Waals surface area contributed by atoms with Gasteiger partial charge in [0, 0.05) is 11.6 Å². The van der Waals surface area contributed by atoms with Crippen LogP contribution >= 0.6 is 11.6 Å². The second-order valence-electron chi connectivity index (χ2n) is 8.58. The van der Waals surface area contributed by atoms with Crippen LogP contribution in [0.3, 0.4) is 0 Å². The number of esters is 1. The minimum absolute atomic E-state index is 0.346. The quantitative estimate of drug-likeness (QED) is 0.602. The van der Waals surface area contributed by atoms with Crippen LogP contribution in [0, 0.1) is 6.92 Å². The zero-order chi connectivity index (χ0) is 22.8. The lowest BCUT2D eigenvalue weighted by atomic mass is 9.92. The molecule has 6 nitrogen and oxygen atoms in total. The number of methoxy groups -OCH3 is 1. The SMILES string of the molecule is COC(=O)[C@H]1c2ccc(OCc3ccc(C)c(Cl)c3)cc2CCN1C(=O)OC(C)(C)C. The molecule has 1 heterocycles. The number of amides is 1. The lowest BCUT2D eigenvalue weighted by molar-refractivity contribution is -0.147. The van der Waals surface area contributed by atoms with Gasteiger partial charge < -0.3 is 14.2 Å². The average Bonchev–Trinajstić information content (AvgIpc) is 2.71. The second kappa shape index (κ2) is 9.18. The summed E-state index contributed by atoms with van der Waals surface area (Å²) < 4.78 is 16.4. The average molecular weight is 446 g/mol. The van der Waals surface area contributed by atoms with Gasteiger partial charge >= 0.3 is 12.1 Å². The fourth-order valence-electron chi connectivity index (χ4n) is 3.47. The maximum Gasteiger partial charge on any atom is 0.411 e. The van der Waals surface area contributed by atoms with Crippen LogP contribution < -0.4 is 4.74 Å². The zero-order valence-corrected chi connectivity index (χ0v) is 19.3. The minimum atomic E-state index is -0.853. The fourth-order valence-corrected chi connectivity index (χ4v) is 3.67. The number of ether oxygens (including phenoxy) is 3. The Morgan fingerprint density at radius 2 is 1.90 bits per heavy atom. The summed E-state index contributed by atoms with van der Waals surface area (Å²) in [6, 6.07) is 10.5. The van der Waals surface area contributed by atoms with Crippen molar-refractivity contribution in [3.8, 4) is 5.75 Å². The third-order valence-corrected chi connectivity index (χ3v) is 5.44. The molecule has 1 atom stereocenters. The third-order valence-electron chi connectivity index (χ3n) is 5.04. The Morgan fingerprint density at radius 3 is 2.55 bits per heavy atom. The number of hydrogen-bond donors (Lipinski definition) is 0. The molecule has 1 aliphatic rings. The van der Waals surface area contributed by atoms with Gasteiger partial charge in [0.05, 0.1) is 7.11 Å². The first kappa shape index (κ1) is 22.9. The molecule has 166 valence electrons. The van der Waals surface area contributed by atoms with Crippen molar-refractivity contribution in [1.82, 2.24) is 4.90 Å². The number of benzene rings is 2. The summed E-state index contributed by atoms with van der Waals surface area (Å²) in [5.41, 5.74) is 2.98. The van der Waals surface area contributed by atoms with Crippen molar-refractivity contribution < 1.29 is 23.8 Å². The standard InChI is InChI=1S/C24H28ClNO5/c1-15-6-7-16(12-20(15)25)14-30-18-8-9-19-17(13-18)10-11-26(21(19)22(27)29-5)23(28)31-24(2,3)4/h6-9,12-13,21H,10-11,14H2,1-5H3/t21-/m1/s1. The number of rotatable bonds is 4. The van der Waals surface area contributed by atoms with E-state index in [9.17, 15) is 9.59 Å². The monoisotopic (exact) mass is 445 g/mol. The second-order valence-corrected chi connectivity index (χ2v) is 8.99. The van der Waals surface area contributed by atoms with Gasteiger partial charge in [0.25, 0.3) is 0 Å². The Morgan fingerprint density at radius 1 is 1.16 bits per heavy atom. The van der Waals surface area contributed by atoms with Crippen LogP contribution in [0.2, 0.25) is 5.02 Å². The van der Waals surface area contributed by atoms with Crippen LogP contribution in [0.5, 0.6) is 5.75 Å². The van der Waals surface area contributed by atoms with E-state index in [1.54, 1.807) is 26.8 Å². The van der Waals surface area contributed by atoms with Crippen molar-refractivity contribution in [2.24, 2.45) is 0 Å². The smallest absolute Gasteiger partial charge is 0.411 e. The molecule has 0 N–H and O–H groups in total. The molecule has 0 saturated carbocycles. The Balaban J connectivity index is 1.81. The van der Waals surface area contributed by atoms with Gasteiger partial charge in [-0.25, -0.2) is 9.59 Å². The summed E-state index contributed by atoms with van der Waals surface area (Å²) >= 11 is 6.19. The van der Waals surface area contributed by atoms with Gasteiger partial charge in [-0.1, -0.05) is 29.8 Å². The first-order valence-electron chi connectivity index (χ1n) is 10.2. The summed E-state index contributed by atoms with van der Waals surface area (Å²) in [6.45, 7) is 8.05. The highest BCUT2D eigenvalue weighted by atomic mass is 35.5. The maximum atomic E-state index is 12.7. The van der Waals surface area contributed by atoms with Crippen molar-refractivity contribution in [3.05, 3.63) is 63.7 Å². The topological polar surface area (TPSA) is 65.1 Å². The van der Waals surface area contributed by atoms with Crippen LogP contribution in [0.25, 0.3) is 0 Å². The van der Waals surface area contributed by atoms with E-state index in [1.807, 2.05) is 37.3 Å². The molecule has 0 fully saturated rings. The molecule has 2 aromatic rings. The van der Waals surface area contributed by atoms with Crippen LogP contribution in [0.1, 0.15) is 49.1 Å². The van der Waals surface area contributed by atoms with E-state index in [-0.39, 0.29) is 0 Å². The molecule has 2 aromatic carbocycles. The first-order valence-corrected chi connectivity index (χ1v) is 10.5. The van der Waals surface area contributed by atoms with Crippen LogP contribution in [0.4, 0.5) is 4.79 Å². The van der Waals surface area contributed by atoms with Crippen molar-refractivity contribution in [2.75, 3.05) is 13.7 Å². The van der Waals surface area contributed by atoms with Crippen molar-refractivity contribution in [3.63, 3.8) is 0 Å². The van der Waals surface area contributed by atoms with Gasteiger partial charge in [0.2, 0.25) is 0 Å². The third kappa shape index (κ3) is 5.50. The van der Waals surface area contributed by atoms with E-state index >= 15 is 0 Å². The maximum absolute atomic E-state index is 12.7. The fraction of sp³-hybridized carbons (Fsp3) is 0.417. The van der Waals surface area contributed by atoms with E-state index in [0.29, 0.717) is 30.3 Å². The predicted octanol–water partition coefficient (Wildman–Crippen LogP) is 5.23. The van der Waals surface area contributed by atoms with E-state index in [2.05, 4.69) is 0 Å². The van der Waals surface area contributed by atoms with Crippen molar-refractivity contribution >= 4 is 23.7 Å². The van der Waals surface area contributed by atoms with Gasteiger partial charge in [-0.15, -0.1) is 0 Å². The van der Waals surface area contributed by atoms with E-state index in [1.165, 1.54) is 12.0 Å². The van der Waals surface area contributed by atoms with E-state index in [0.717, 1.165) is 22.3 Å². The summed E-state index contributed by atoms with van der Waals surface area (Å²) in [4.78, 5) is 26.7. The van der Waals surface area contributed by atoms with Gasteiger partial charge in [-0.3, -0.25) is 4.90 Å². The first-order chi connectivity index (χ1) is 14.6. The molecule has 0 unspecified atom stereocenters. The Kier molecular flexibility index (Phi) is 6.80. The Labute approximate surface area is 188 Å². The summed E-state index contributed by atoms with van der Waals surface area (Å²) in [5, 5.41) is 0.703. The molecule has 0 aliphatic carbocycles. The van der Waals surface area contributed by atoms with Crippen LogP contribution in [-0.2, 0) is 27.3 Å². The number of nitrogens with zero attached hydrogens (tertiary/aromatic N) is 1. The van der Waals surface area contributed by atoms with Crippen LogP contribution in [-0.4, -0.2) is 36.2 Å². The molecule has 0 bridgehead atoms. The lowest BCUT2D eigenvalue weighted by Gasteiger charge is -2.36. The number of halogens is 1. The molecular formula is C24H28ClNO5. The molecule has 0 spiro atoms. The summed E-state index contributed by atoms with van der Waals surface area (Å²) in [7, 11) is 1.31. The largest absolute Gasteiger partial charge is 0.489 e. The highest BCUT2D eigenvalue weighted by Gasteiger charge is 2.39. The molecule has 0 radical (unpaired) electrons. The van der Waals surface area contributed by atoms with Gasteiger partial charge in [0.1, 0.15) is 18.0 Å². The van der Waals surface area contributed by atoms with Gasteiger partial charge in [0.15, 0.2) is 6.04 Å². The van der Waals surface area contributed by atoms with Gasteiger partial charge in [-0.05, 0) is 74.6 Å². The predicted molar refractivity (Wildman–Crippen MR) is 118 cm³/mol. The van der Waals surface area contributed by atoms with E-state index in [4.69, 9.17) is 25.8 Å². The van der Waals surface area contributed by atoms with Crippen molar-refractivity contribution in [2.45, 2.75) is 52.4 Å². The molecule has 0 aromatic heterocycles. The van der Waals surface area contributed by atoms with Gasteiger partial charge in [-0.2, -0.15) is 0 Å². The number of hydrogen-bond acceptors (Lipinski definition) is 5. The molecule has 0 saturated heterocycles. The highest BCUT2D eigenvalue weighted by molar-refractivity contribution is 6.31. The number of carbonyl (C=O) groups is 2. The summed E-state index contributed by atoms with van der Waals surface area (Å²) in [6.07, 6.45) is 0.0421. The Bertz CT molecular complexity index is 982. The number of aryl methyl sites for hydroxylation is 1. The zero-order valence-electron chi connectivity index (χ0n) is 18.5. The highest BCUT2D eigenvalue weighted by Crippen LogP contribution is 2.34. The minimum Gasteiger partial charge on any atom is -0.489 e. The lowest BCUT2D eigenvalue weighted by Crippen LogP contribution is -2.46. The summed E-state index contributed by atoms with van der Waals surface area (Å²) in [5.74, 6) is 0.180. The van der Waals surface area contributed by atoms with Crippen LogP contribution in [0.15, 0.2) is 36.4 Å². The normalized spacial score (nSPS) is 15.8. The molecule has 3 rings (SSSR count). The molecule has 1 amide bonds. The number of carbonyl (C=O) groups excluding carboxylic acids is 2. The number of fused-ring (bicyclic) bond motifs is 1. The molecule has 7 heteroatoms. The molecule has 31 heavy (non-hydrogen) atoms.